The summed E-state index contributed by atoms with van der Waals surface area (Å²) in [5, 5.41) is 2.53. The van der Waals surface area contributed by atoms with E-state index in [-0.39, 0.29) is 54.0 Å². The van der Waals surface area contributed by atoms with Crippen molar-refractivity contribution < 1.29 is 41.5 Å². The van der Waals surface area contributed by atoms with E-state index in [1.807, 2.05) is 24.4 Å². The molecule has 5 heterocycles. The Morgan fingerprint density at radius 2 is 1.55 bits per heavy atom. The molecule has 1 radical (unpaired) electrons. The summed E-state index contributed by atoms with van der Waals surface area (Å²) < 4.78 is 95.0. The first kappa shape index (κ1) is 37.8. The summed E-state index contributed by atoms with van der Waals surface area (Å²) in [6, 6.07) is 28.5. The monoisotopic (exact) mass is 1090 g/mol. The normalized spacial score (nSPS) is 13.7. The Balaban J connectivity index is 0.000000227. The molecule has 0 N–H and O–H groups in total. The molecule has 0 bridgehead atoms. The number of benzene rings is 4. The molecule has 0 aliphatic rings. The second kappa shape index (κ2) is 18.2. The third kappa shape index (κ3) is 9.03. The summed E-state index contributed by atoms with van der Waals surface area (Å²) in [6.07, 6.45) is 3.66. The van der Waals surface area contributed by atoms with Gasteiger partial charge in [-0.25, -0.2) is 13.8 Å². The van der Waals surface area contributed by atoms with Gasteiger partial charge in [0.25, 0.3) is 0 Å². The Morgan fingerprint density at radius 1 is 0.790 bits per heavy atom. The van der Waals surface area contributed by atoms with E-state index in [0.29, 0.717) is 39.5 Å². The molecule has 4 aromatic carbocycles. The molecule has 319 valence electrons. The molecule has 9 rings (SSSR count). The first-order valence-corrected chi connectivity index (χ1v) is 28.4. The Hall–Kier alpha value is -4.74. The van der Waals surface area contributed by atoms with E-state index in [4.69, 9.17) is 18.2 Å². The first-order chi connectivity index (χ1) is 31.5. The molecule has 9 aromatic rings. The third-order valence-electron chi connectivity index (χ3n) is 10.4. The molecule has 0 fully saturated rings. The Morgan fingerprint density at radius 3 is 2.24 bits per heavy atom. The maximum atomic E-state index is 15.5. The number of pyridine rings is 3. The van der Waals surface area contributed by atoms with Gasteiger partial charge in [-0.15, -0.1) is 18.2 Å². The molecule has 0 aliphatic carbocycles. The number of thiophene rings is 1. The van der Waals surface area contributed by atoms with Gasteiger partial charge in [0.15, 0.2) is 0 Å². The fraction of sp³-hybridized carbons (Fsp3) is 0.255. The molecule has 0 atom stereocenters. The molecule has 5 nitrogen and oxygen atoms in total. The van der Waals surface area contributed by atoms with Gasteiger partial charge < -0.3 is 4.57 Å². The number of halogens is 3. The van der Waals surface area contributed by atoms with E-state index in [1.54, 1.807) is 24.3 Å². The van der Waals surface area contributed by atoms with Gasteiger partial charge in [-0.1, -0.05) is 49.1 Å². The van der Waals surface area contributed by atoms with Crippen molar-refractivity contribution in [1.82, 2.24) is 24.5 Å². The second-order valence-electron chi connectivity index (χ2n) is 17.2. The topological polar surface area (TPSA) is 56.5 Å². The number of rotatable bonds is 8. The minimum atomic E-state index is -2.47. The Labute approximate surface area is 390 Å². The maximum Gasteiger partial charge on any atom is 0.149 e. The average Bonchev–Trinajstić information content (AvgIpc) is 3.81. The summed E-state index contributed by atoms with van der Waals surface area (Å²) in [5.41, 5.74) is 4.04. The smallest absolute Gasteiger partial charge is 0.149 e. The molecule has 0 aliphatic heterocycles. The van der Waals surface area contributed by atoms with E-state index in [9.17, 15) is 4.39 Å². The molecule has 0 saturated heterocycles. The van der Waals surface area contributed by atoms with Crippen molar-refractivity contribution in [3.05, 3.63) is 143 Å². The van der Waals surface area contributed by atoms with Gasteiger partial charge in [-0.05, 0) is 59.6 Å². The van der Waals surface area contributed by atoms with Crippen LogP contribution in [0.2, 0.25) is 17.3 Å². The Kier molecular flexibility index (Phi) is 11.1. The number of hydrogen-bond acceptors (Lipinski definition) is 5. The van der Waals surface area contributed by atoms with E-state index in [2.05, 4.69) is 73.1 Å². The number of aryl methyl sites for hydroxylation is 2. The Bertz CT molecular complexity index is 3330. The number of fused-ring (bicyclic) bond motifs is 6. The number of para-hydroxylation sites is 1. The van der Waals surface area contributed by atoms with Gasteiger partial charge in [-0.2, -0.15) is 11.3 Å². The number of nitrogens with zero attached hydrogens (tertiary/aromatic N) is 5. The number of aromatic nitrogens is 5. The molecule has 0 spiro atoms. The van der Waals surface area contributed by atoms with Gasteiger partial charge in [0.05, 0.1) is 22.4 Å². The van der Waals surface area contributed by atoms with Crippen LogP contribution in [0.25, 0.3) is 70.6 Å². The van der Waals surface area contributed by atoms with Crippen LogP contribution in [0, 0.1) is 55.1 Å². The van der Waals surface area contributed by atoms with Gasteiger partial charge in [0, 0.05) is 41.0 Å². The molecule has 11 heteroatoms. The molecular formula is C51H48F3GeIrN5S-2. The van der Waals surface area contributed by atoms with Crippen LogP contribution < -0.4 is 4.40 Å². The standard InChI is InChI=1S/C32H23F2N4S.C19H25FGeN.Ir/c1-17(2)16-20-13-14-22-21-6-4-7-23(30(21)39-32(22)36-20)31-37-26-15-12-19-11-10-18(3)35-27(19)29(26)38(31)28-24(33)8-5-9-25(28)34;1-13(2)9-15-11-19(22-12-18(15)21(4,5)6)16-8-7-14(3)10-17(16)20;/h4-6,8-15,17H,16H2,1-3H3;7,10-13H,9H2,1-6H3;/q2*-1;/i2*3D3;. The molecule has 5 aromatic heterocycles. The van der Waals surface area contributed by atoms with Crippen molar-refractivity contribution >= 4 is 71.2 Å². The minimum Gasteiger partial charge on any atom is -0.326 e. The van der Waals surface area contributed by atoms with Crippen LogP contribution in [-0.2, 0) is 32.9 Å². The summed E-state index contributed by atoms with van der Waals surface area (Å²) >= 11 is -0.601. The van der Waals surface area contributed by atoms with Crippen LogP contribution in [0.5, 0.6) is 0 Å². The zero-order valence-electron chi connectivity index (χ0n) is 41.3. The summed E-state index contributed by atoms with van der Waals surface area (Å²) in [4.78, 5) is 19.6. The largest absolute Gasteiger partial charge is 0.326 e. The number of imidazole rings is 1. The van der Waals surface area contributed by atoms with Crippen LogP contribution in [0.15, 0.2) is 91.1 Å². The van der Waals surface area contributed by atoms with Crippen LogP contribution in [0.4, 0.5) is 13.2 Å². The molecule has 0 unspecified atom stereocenters. The predicted octanol–water partition coefficient (Wildman–Crippen LogP) is 13.3. The van der Waals surface area contributed by atoms with Crippen molar-refractivity contribution in [2.75, 3.05) is 0 Å². The maximum absolute atomic E-state index is 15.5. The number of hydrogen-bond donors (Lipinski definition) is 0. The third-order valence-corrected chi connectivity index (χ3v) is 15.9. The molecule has 0 saturated carbocycles. The SMILES string of the molecule is [2H]C([2H])([2H])c1c[c-]c(-c2cc(CC(C)C)[c]([Ge]([CH3])([CH3])[CH3])cn2)c(F)c1.[2H]C([2H])([2H])c1ccc2ccc3nc(-c4[c-]ccc5c4sc4nc(CC(C)C)ccc45)n(-c4c(F)cccc4F)c3c2n1.[Ir]. The van der Waals surface area contributed by atoms with Crippen molar-refractivity contribution in [2.45, 2.75) is 71.5 Å². The van der Waals surface area contributed by atoms with E-state index >= 15 is 8.78 Å². The summed E-state index contributed by atoms with van der Waals surface area (Å²) in [6.45, 7) is 3.82. The van der Waals surface area contributed by atoms with Crippen LogP contribution in [-0.4, -0.2) is 37.8 Å². The fourth-order valence-corrected chi connectivity index (χ4v) is 12.3. The molecule has 0 amide bonds. The van der Waals surface area contributed by atoms with E-state index < -0.39 is 44.4 Å². The van der Waals surface area contributed by atoms with E-state index in [0.717, 1.165) is 44.9 Å². The zero-order chi connectivity index (χ0) is 48.3. The van der Waals surface area contributed by atoms with Gasteiger partial charge >= 0.3 is 140 Å². The van der Waals surface area contributed by atoms with Crippen molar-refractivity contribution in [3.8, 4) is 28.3 Å². The van der Waals surface area contributed by atoms with E-state index in [1.165, 1.54) is 56.2 Å². The van der Waals surface area contributed by atoms with Crippen LogP contribution >= 0.6 is 11.3 Å². The van der Waals surface area contributed by atoms with Crippen LogP contribution in [0.1, 0.15) is 58.4 Å². The fourth-order valence-electron chi connectivity index (χ4n) is 7.77. The van der Waals surface area contributed by atoms with Gasteiger partial charge in [0.1, 0.15) is 22.2 Å². The van der Waals surface area contributed by atoms with Gasteiger partial charge in [-0.3, -0.25) is 9.97 Å². The summed E-state index contributed by atoms with van der Waals surface area (Å²) in [7, 11) is 0. The van der Waals surface area contributed by atoms with Gasteiger partial charge in [0.2, 0.25) is 0 Å². The minimum absolute atomic E-state index is 0. The first-order valence-electron chi connectivity index (χ1n) is 23.2. The van der Waals surface area contributed by atoms with Crippen molar-refractivity contribution in [3.63, 3.8) is 0 Å². The second-order valence-corrected chi connectivity index (χ2v) is 28.7. The van der Waals surface area contributed by atoms with Crippen molar-refractivity contribution in [2.24, 2.45) is 11.8 Å². The van der Waals surface area contributed by atoms with Crippen molar-refractivity contribution in [1.29, 1.82) is 0 Å². The molecule has 62 heavy (non-hydrogen) atoms. The van der Waals surface area contributed by atoms with Crippen LogP contribution in [0.3, 0.4) is 0 Å². The quantitative estimate of drug-likeness (QED) is 0.112. The zero-order valence-corrected chi connectivity index (χ0v) is 40.7. The molecular weight excluding hydrogens is 1040 g/mol. The predicted molar refractivity (Wildman–Crippen MR) is 249 cm³/mol. The average molecular weight is 1090 g/mol. The summed E-state index contributed by atoms with van der Waals surface area (Å²) in [5.74, 6) is 5.99.